The van der Waals surface area contributed by atoms with Gasteiger partial charge in [0, 0.05) is 10.6 Å². The molecule has 9 heavy (non-hydrogen) atoms. The molecule has 0 amide bonds. The molecule has 0 aliphatic heterocycles. The predicted molar refractivity (Wildman–Crippen MR) is 39.8 cm³/mol. The molecule has 0 aromatic carbocycles. The lowest BCUT2D eigenvalue weighted by molar-refractivity contribution is 1.53. The Balaban J connectivity index is 2.39. The van der Waals surface area contributed by atoms with Gasteiger partial charge >= 0.3 is 0 Å². The van der Waals surface area contributed by atoms with Crippen LogP contribution in [0.1, 0.15) is 0 Å². The molecule has 1 rings (SSSR count). The van der Waals surface area contributed by atoms with Crippen molar-refractivity contribution in [1.82, 2.24) is 0 Å². The van der Waals surface area contributed by atoms with E-state index in [4.69, 9.17) is 5.26 Å². The second kappa shape index (κ2) is 2.65. The van der Waals surface area contributed by atoms with E-state index in [-0.39, 0.29) is 0 Å². The molecule has 1 aliphatic rings. The SMILES string of the molecule is N#C/C=C/C=C1C=C\1Br. The van der Waals surface area contributed by atoms with Gasteiger partial charge < -0.3 is 0 Å². The molecule has 0 aromatic rings. The summed E-state index contributed by atoms with van der Waals surface area (Å²) < 4.78 is 1.13. The first-order valence-electron chi connectivity index (χ1n) is 2.48. The lowest BCUT2D eigenvalue weighted by atomic mass is 10.4. The summed E-state index contributed by atoms with van der Waals surface area (Å²) in [5.41, 5.74) is 1.17. The standard InChI is InChI=1S/C7H4BrN/c8-7-5-6(7)3-1-2-4-9/h1-3,5H/b2-1+,6-3+. The average Bonchev–Trinajstić information content (AvgIpc) is 2.48. The molecule has 0 radical (unpaired) electrons. The van der Waals surface area contributed by atoms with Crippen LogP contribution in [-0.2, 0) is 0 Å². The van der Waals surface area contributed by atoms with Crippen molar-refractivity contribution < 1.29 is 0 Å². The Morgan fingerprint density at radius 3 is 2.78 bits per heavy atom. The number of rotatable bonds is 1. The van der Waals surface area contributed by atoms with Crippen LogP contribution in [0, 0.1) is 11.3 Å². The Morgan fingerprint density at radius 1 is 1.67 bits per heavy atom. The van der Waals surface area contributed by atoms with Crippen LogP contribution in [0.3, 0.4) is 0 Å². The Morgan fingerprint density at radius 2 is 2.33 bits per heavy atom. The number of nitriles is 1. The molecular weight excluding hydrogens is 178 g/mol. The van der Waals surface area contributed by atoms with E-state index >= 15 is 0 Å². The van der Waals surface area contributed by atoms with Gasteiger partial charge in [-0.25, -0.2) is 0 Å². The maximum absolute atomic E-state index is 8.07. The molecule has 1 aliphatic carbocycles. The summed E-state index contributed by atoms with van der Waals surface area (Å²) in [7, 11) is 0. The molecule has 0 unspecified atom stereocenters. The van der Waals surface area contributed by atoms with Gasteiger partial charge in [-0.05, 0) is 11.6 Å². The lowest BCUT2D eigenvalue weighted by Crippen LogP contribution is -1.50. The Kier molecular flexibility index (Phi) is 1.86. The van der Waals surface area contributed by atoms with E-state index in [0.29, 0.717) is 0 Å². The second-order valence-corrected chi connectivity index (χ2v) is 2.46. The quantitative estimate of drug-likeness (QED) is 0.570. The first-order chi connectivity index (χ1) is 4.34. The van der Waals surface area contributed by atoms with Crippen LogP contribution in [0.25, 0.3) is 0 Å². The largest absolute Gasteiger partial charge is 0.193 e. The van der Waals surface area contributed by atoms with Crippen molar-refractivity contribution in [1.29, 1.82) is 5.26 Å². The summed E-state index contributed by atoms with van der Waals surface area (Å²) in [6, 6.07) is 1.90. The average molecular weight is 182 g/mol. The van der Waals surface area contributed by atoms with Crippen LogP contribution in [0.4, 0.5) is 0 Å². The van der Waals surface area contributed by atoms with Crippen molar-refractivity contribution in [3.05, 3.63) is 34.4 Å². The monoisotopic (exact) mass is 181 g/mol. The van der Waals surface area contributed by atoms with E-state index in [1.54, 1.807) is 6.08 Å². The van der Waals surface area contributed by atoms with Gasteiger partial charge in [0.15, 0.2) is 0 Å². The summed E-state index contributed by atoms with van der Waals surface area (Å²) in [6.07, 6.45) is 7.04. The van der Waals surface area contributed by atoms with Gasteiger partial charge in [0.05, 0.1) is 6.07 Å². The second-order valence-electron chi connectivity index (χ2n) is 1.60. The third kappa shape index (κ3) is 1.87. The molecule has 0 aromatic heterocycles. The molecule has 2 heteroatoms. The maximum atomic E-state index is 8.07. The van der Waals surface area contributed by atoms with Gasteiger partial charge in [0.1, 0.15) is 0 Å². The predicted octanol–water partition coefficient (Wildman–Crippen LogP) is 2.28. The van der Waals surface area contributed by atoms with Gasteiger partial charge in [0.25, 0.3) is 0 Å². The van der Waals surface area contributed by atoms with E-state index in [0.717, 1.165) is 4.48 Å². The van der Waals surface area contributed by atoms with Gasteiger partial charge in [-0.15, -0.1) is 0 Å². The fourth-order valence-electron chi connectivity index (χ4n) is 0.423. The number of nitrogens with zero attached hydrogens (tertiary/aromatic N) is 1. The summed E-state index contributed by atoms with van der Waals surface area (Å²) in [4.78, 5) is 0. The number of allylic oxidation sites excluding steroid dienone is 6. The summed E-state index contributed by atoms with van der Waals surface area (Å²) in [6.45, 7) is 0. The zero-order valence-corrected chi connectivity index (χ0v) is 6.22. The lowest BCUT2D eigenvalue weighted by Gasteiger charge is -1.68. The zero-order valence-electron chi connectivity index (χ0n) is 4.63. The smallest absolute Gasteiger partial charge is 0.0912 e. The van der Waals surface area contributed by atoms with E-state index in [2.05, 4.69) is 15.9 Å². The molecule has 0 spiro atoms. The van der Waals surface area contributed by atoms with Crippen molar-refractivity contribution in [2.45, 2.75) is 0 Å². The minimum absolute atomic E-state index is 1.13. The molecule has 0 atom stereocenters. The Labute approximate surface area is 62.1 Å². The Bertz CT molecular complexity index is 240. The molecule has 0 saturated carbocycles. The summed E-state index contributed by atoms with van der Waals surface area (Å²) in [5, 5.41) is 8.07. The normalized spacial score (nSPS) is 20.0. The molecule has 44 valence electrons. The molecular formula is C7H4BrN. The third-order valence-electron chi connectivity index (χ3n) is 0.921. The van der Waals surface area contributed by atoms with Crippen LogP contribution >= 0.6 is 15.9 Å². The van der Waals surface area contributed by atoms with Crippen molar-refractivity contribution >= 4 is 15.9 Å². The van der Waals surface area contributed by atoms with Gasteiger partial charge in [-0.3, -0.25) is 0 Å². The summed E-state index contributed by atoms with van der Waals surface area (Å²) in [5.74, 6) is 0. The molecule has 1 nitrogen and oxygen atoms in total. The fourth-order valence-corrected chi connectivity index (χ4v) is 0.802. The van der Waals surface area contributed by atoms with Crippen molar-refractivity contribution in [3.8, 4) is 6.07 Å². The number of hydrogen-bond acceptors (Lipinski definition) is 1. The maximum Gasteiger partial charge on any atom is 0.0912 e. The van der Waals surface area contributed by atoms with Gasteiger partial charge in [-0.1, -0.05) is 28.1 Å². The highest BCUT2D eigenvalue weighted by Crippen LogP contribution is 2.32. The minimum Gasteiger partial charge on any atom is -0.193 e. The van der Waals surface area contributed by atoms with Crippen molar-refractivity contribution in [3.63, 3.8) is 0 Å². The molecule has 0 heterocycles. The van der Waals surface area contributed by atoms with E-state index < -0.39 is 0 Å². The number of hydrogen-bond donors (Lipinski definition) is 0. The minimum atomic E-state index is 1.13. The zero-order chi connectivity index (χ0) is 6.69. The van der Waals surface area contributed by atoms with Crippen LogP contribution in [0.5, 0.6) is 0 Å². The van der Waals surface area contributed by atoms with Crippen molar-refractivity contribution in [2.75, 3.05) is 0 Å². The first kappa shape index (κ1) is 6.31. The van der Waals surface area contributed by atoms with Crippen molar-refractivity contribution in [2.24, 2.45) is 0 Å². The van der Waals surface area contributed by atoms with Crippen LogP contribution in [-0.4, -0.2) is 0 Å². The molecule has 0 saturated heterocycles. The number of halogens is 1. The molecule has 0 fully saturated rings. The van der Waals surface area contributed by atoms with Crippen LogP contribution < -0.4 is 0 Å². The molecule has 0 bridgehead atoms. The van der Waals surface area contributed by atoms with Crippen LogP contribution in [0.2, 0.25) is 0 Å². The topological polar surface area (TPSA) is 23.8 Å². The highest BCUT2D eigenvalue weighted by Gasteiger charge is 2.09. The van der Waals surface area contributed by atoms with E-state index in [1.807, 2.05) is 18.2 Å². The van der Waals surface area contributed by atoms with Gasteiger partial charge in [-0.2, -0.15) is 5.26 Å². The fraction of sp³-hybridized carbons (Fsp3) is 0. The van der Waals surface area contributed by atoms with E-state index in [9.17, 15) is 0 Å². The first-order valence-corrected chi connectivity index (χ1v) is 3.28. The highest BCUT2D eigenvalue weighted by atomic mass is 79.9. The summed E-state index contributed by atoms with van der Waals surface area (Å²) >= 11 is 3.28. The van der Waals surface area contributed by atoms with E-state index in [1.165, 1.54) is 11.6 Å². The Hall–Kier alpha value is -0.810. The molecule has 0 N–H and O–H groups in total. The highest BCUT2D eigenvalue weighted by molar-refractivity contribution is 9.12. The third-order valence-corrected chi connectivity index (χ3v) is 1.61. The van der Waals surface area contributed by atoms with Crippen LogP contribution in [0.15, 0.2) is 34.4 Å². The van der Waals surface area contributed by atoms with Gasteiger partial charge in [0.2, 0.25) is 0 Å².